The van der Waals surface area contributed by atoms with Crippen LogP contribution < -0.4 is 11.1 Å². The van der Waals surface area contributed by atoms with Gasteiger partial charge in [-0.05, 0) is 96.6 Å². The van der Waals surface area contributed by atoms with Crippen LogP contribution in [0.5, 0.6) is 0 Å². The van der Waals surface area contributed by atoms with E-state index in [2.05, 4.69) is 53.8 Å². The molecule has 0 radical (unpaired) electrons. The van der Waals surface area contributed by atoms with E-state index in [9.17, 15) is 19.5 Å². The molecule has 49 heavy (non-hydrogen) atoms. The predicted molar refractivity (Wildman–Crippen MR) is 188 cm³/mol. The SMILES string of the molecule is NC1(C(=O)O)CCC(c2ccccc2)CC1.O=C(NC1(C(=O)O)CCC(c2ccccc2)CC1)OCC1c2ccccc2-c2ccccc21. The Morgan fingerprint density at radius 1 is 0.633 bits per heavy atom. The Labute approximate surface area is 287 Å². The maximum atomic E-state index is 12.8. The summed E-state index contributed by atoms with van der Waals surface area (Å²) in [7, 11) is 0. The van der Waals surface area contributed by atoms with Crippen LogP contribution in [-0.4, -0.2) is 45.9 Å². The zero-order valence-corrected chi connectivity index (χ0v) is 27.6. The maximum absolute atomic E-state index is 12.8. The van der Waals surface area contributed by atoms with E-state index in [-0.39, 0.29) is 12.5 Å². The van der Waals surface area contributed by atoms with Gasteiger partial charge in [0.2, 0.25) is 0 Å². The largest absolute Gasteiger partial charge is 0.480 e. The van der Waals surface area contributed by atoms with Crippen molar-refractivity contribution in [2.45, 2.75) is 80.2 Å². The number of hydrogen-bond donors (Lipinski definition) is 4. The average Bonchev–Trinajstić information content (AvgIpc) is 3.46. The quantitative estimate of drug-likeness (QED) is 0.158. The highest BCUT2D eigenvalue weighted by molar-refractivity contribution is 5.85. The van der Waals surface area contributed by atoms with Gasteiger partial charge in [-0.25, -0.2) is 9.59 Å². The van der Waals surface area contributed by atoms with Crippen molar-refractivity contribution in [1.82, 2.24) is 5.32 Å². The van der Waals surface area contributed by atoms with Crippen LogP contribution in [0.4, 0.5) is 4.79 Å². The van der Waals surface area contributed by atoms with Gasteiger partial charge in [-0.15, -0.1) is 0 Å². The molecule has 1 amide bonds. The number of aliphatic carboxylic acids is 2. The van der Waals surface area contributed by atoms with Crippen molar-refractivity contribution in [1.29, 1.82) is 0 Å². The number of fused-ring (bicyclic) bond motifs is 3. The summed E-state index contributed by atoms with van der Waals surface area (Å²) < 4.78 is 5.62. The van der Waals surface area contributed by atoms with E-state index in [4.69, 9.17) is 15.6 Å². The lowest BCUT2D eigenvalue weighted by atomic mass is 9.74. The van der Waals surface area contributed by atoms with E-state index in [1.165, 1.54) is 11.1 Å². The zero-order valence-electron chi connectivity index (χ0n) is 27.6. The van der Waals surface area contributed by atoms with Gasteiger partial charge in [0.15, 0.2) is 0 Å². The minimum absolute atomic E-state index is 0.0576. The molecule has 0 aliphatic heterocycles. The van der Waals surface area contributed by atoms with Crippen LogP contribution in [0.1, 0.15) is 91.4 Å². The Bertz CT molecular complexity index is 1710. The molecule has 0 unspecified atom stereocenters. The van der Waals surface area contributed by atoms with Crippen molar-refractivity contribution in [3.05, 3.63) is 131 Å². The highest BCUT2D eigenvalue weighted by atomic mass is 16.5. The number of nitrogens with one attached hydrogen (secondary N) is 1. The van der Waals surface area contributed by atoms with Crippen molar-refractivity contribution in [3.63, 3.8) is 0 Å². The highest BCUT2D eigenvalue weighted by Crippen LogP contribution is 2.45. The fourth-order valence-electron chi connectivity index (χ4n) is 7.80. The molecule has 0 saturated heterocycles. The smallest absolute Gasteiger partial charge is 0.408 e. The van der Waals surface area contributed by atoms with Crippen molar-refractivity contribution >= 4 is 18.0 Å². The number of ether oxygens (including phenoxy) is 1. The molecule has 0 spiro atoms. The normalized spacial score (nSPS) is 24.3. The molecular formula is C41H44N2O6. The average molecular weight is 661 g/mol. The molecule has 3 aliphatic carbocycles. The van der Waals surface area contributed by atoms with Gasteiger partial charge in [-0.3, -0.25) is 4.79 Å². The summed E-state index contributed by atoms with van der Waals surface area (Å²) in [5.41, 5.74) is 10.7. The van der Waals surface area contributed by atoms with E-state index in [1.807, 2.05) is 60.7 Å². The molecule has 4 aromatic rings. The summed E-state index contributed by atoms with van der Waals surface area (Å²) in [6, 6.07) is 36.7. The van der Waals surface area contributed by atoms with E-state index in [1.54, 1.807) is 0 Å². The third-order valence-electron chi connectivity index (χ3n) is 10.8. The fraction of sp³-hybridized carbons (Fsp3) is 0.341. The second-order valence-corrected chi connectivity index (χ2v) is 13.7. The molecule has 3 aliphatic rings. The van der Waals surface area contributed by atoms with Gasteiger partial charge in [0, 0.05) is 5.92 Å². The molecule has 254 valence electrons. The predicted octanol–water partition coefficient (Wildman–Crippen LogP) is 7.83. The number of benzene rings is 4. The number of rotatable bonds is 7. The summed E-state index contributed by atoms with van der Waals surface area (Å²) in [4.78, 5) is 35.9. The zero-order chi connectivity index (χ0) is 34.4. The van der Waals surface area contributed by atoms with Crippen molar-refractivity contribution < 1.29 is 29.3 Å². The first-order valence-electron chi connectivity index (χ1n) is 17.2. The van der Waals surface area contributed by atoms with Crippen LogP contribution in [0.15, 0.2) is 109 Å². The lowest BCUT2D eigenvalue weighted by molar-refractivity contribution is -0.146. The van der Waals surface area contributed by atoms with Gasteiger partial charge < -0.3 is 26.0 Å². The van der Waals surface area contributed by atoms with Crippen LogP contribution in [-0.2, 0) is 14.3 Å². The number of carboxylic acid groups (broad SMARTS) is 2. The molecule has 0 heterocycles. The Hall–Kier alpha value is -4.95. The van der Waals surface area contributed by atoms with E-state index in [0.717, 1.165) is 35.1 Å². The summed E-state index contributed by atoms with van der Waals surface area (Å²) >= 11 is 0. The first-order valence-corrected chi connectivity index (χ1v) is 17.2. The van der Waals surface area contributed by atoms with Crippen LogP contribution in [0, 0.1) is 0 Å². The van der Waals surface area contributed by atoms with Gasteiger partial charge >= 0.3 is 18.0 Å². The van der Waals surface area contributed by atoms with Crippen LogP contribution in [0.2, 0.25) is 0 Å². The first-order chi connectivity index (χ1) is 23.7. The summed E-state index contributed by atoms with van der Waals surface area (Å²) in [6.45, 7) is 0.169. The molecular weight excluding hydrogens is 616 g/mol. The molecule has 5 N–H and O–H groups in total. The number of nitrogens with two attached hydrogens (primary N) is 1. The van der Waals surface area contributed by atoms with Crippen LogP contribution in [0.25, 0.3) is 11.1 Å². The topological polar surface area (TPSA) is 139 Å². The molecule has 0 bridgehead atoms. The Morgan fingerprint density at radius 3 is 1.51 bits per heavy atom. The summed E-state index contributed by atoms with van der Waals surface area (Å²) in [6.07, 6.45) is 4.39. The molecule has 7 rings (SSSR count). The molecule has 2 fully saturated rings. The lowest BCUT2D eigenvalue weighted by Crippen LogP contribution is -2.56. The van der Waals surface area contributed by atoms with E-state index < -0.39 is 29.1 Å². The molecule has 2 saturated carbocycles. The van der Waals surface area contributed by atoms with Crippen molar-refractivity contribution in [2.75, 3.05) is 6.61 Å². The van der Waals surface area contributed by atoms with Gasteiger partial charge in [0.25, 0.3) is 0 Å². The second-order valence-electron chi connectivity index (χ2n) is 13.7. The number of alkyl carbamates (subject to hydrolysis) is 1. The van der Waals surface area contributed by atoms with Crippen LogP contribution in [0.3, 0.4) is 0 Å². The molecule has 8 heteroatoms. The van der Waals surface area contributed by atoms with Gasteiger partial charge in [0.05, 0.1) is 0 Å². The third kappa shape index (κ3) is 7.39. The Balaban J connectivity index is 0.000000218. The Kier molecular flexibility index (Phi) is 10.2. The standard InChI is InChI=1S/C28H27NO4.C13H17NO2/c30-26(31)28(16-14-20(15-17-28)19-8-2-1-3-9-19)29-27(32)33-18-25-23-12-6-4-10-21(23)22-11-5-7-13-24(22)25;14-13(12(15)16)8-6-11(7-9-13)10-4-2-1-3-5-10/h1-13,20,25H,14-18H2,(H,29,32)(H,30,31);1-5,11H,6-9,14H2,(H,15,16). The number of carbonyl (C=O) groups excluding carboxylic acids is 1. The molecule has 8 nitrogen and oxygen atoms in total. The molecule has 0 aromatic heterocycles. The third-order valence-corrected chi connectivity index (χ3v) is 10.8. The minimum atomic E-state index is -1.28. The number of hydrogen-bond acceptors (Lipinski definition) is 5. The van der Waals surface area contributed by atoms with Crippen molar-refractivity contribution in [2.24, 2.45) is 5.73 Å². The van der Waals surface area contributed by atoms with Crippen molar-refractivity contribution in [3.8, 4) is 11.1 Å². The molecule has 0 atom stereocenters. The highest BCUT2D eigenvalue weighted by Gasteiger charge is 2.44. The summed E-state index contributed by atoms with van der Waals surface area (Å²) in [5.74, 6) is -1.14. The number of amides is 1. The molecule has 4 aromatic carbocycles. The minimum Gasteiger partial charge on any atom is -0.480 e. The maximum Gasteiger partial charge on any atom is 0.408 e. The van der Waals surface area contributed by atoms with Gasteiger partial charge in [-0.2, -0.15) is 0 Å². The fourth-order valence-corrected chi connectivity index (χ4v) is 7.80. The van der Waals surface area contributed by atoms with E-state index >= 15 is 0 Å². The number of carboxylic acids is 2. The first kappa shape index (κ1) is 33.9. The lowest BCUT2D eigenvalue weighted by Gasteiger charge is -2.37. The monoisotopic (exact) mass is 660 g/mol. The van der Waals surface area contributed by atoms with E-state index in [0.29, 0.717) is 50.4 Å². The summed E-state index contributed by atoms with van der Waals surface area (Å²) in [5, 5.41) is 21.7. The van der Waals surface area contributed by atoms with Gasteiger partial charge in [-0.1, -0.05) is 109 Å². The van der Waals surface area contributed by atoms with Crippen LogP contribution >= 0.6 is 0 Å². The Morgan fingerprint density at radius 2 is 1.06 bits per heavy atom. The number of carbonyl (C=O) groups is 3. The van der Waals surface area contributed by atoms with Gasteiger partial charge in [0.1, 0.15) is 17.7 Å². The second kappa shape index (κ2) is 14.7.